The lowest BCUT2D eigenvalue weighted by atomic mass is 9.79. The van der Waals surface area contributed by atoms with Crippen molar-refractivity contribution in [2.45, 2.75) is 109 Å². The summed E-state index contributed by atoms with van der Waals surface area (Å²) >= 11 is 0. The maximum absolute atomic E-state index is 15.8. The minimum atomic E-state index is -0.760. The van der Waals surface area contributed by atoms with Crippen molar-refractivity contribution in [1.29, 1.82) is 0 Å². The van der Waals surface area contributed by atoms with Gasteiger partial charge in [0, 0.05) is 30.9 Å². The smallest absolute Gasteiger partial charge is 0.407 e. The molecular weight excluding hydrogens is 669 g/mol. The fourth-order valence-corrected chi connectivity index (χ4v) is 7.94. The highest BCUT2D eigenvalue weighted by Crippen LogP contribution is 2.36. The summed E-state index contributed by atoms with van der Waals surface area (Å²) in [5, 5.41) is 8.92. The lowest BCUT2D eigenvalue weighted by Gasteiger charge is -2.30. The molecule has 1 aromatic carbocycles. The number of Topliss-reactive ketones (excluding diaryl/α,β-unsaturated/α-hetero) is 1. The van der Waals surface area contributed by atoms with E-state index >= 15 is 4.39 Å². The van der Waals surface area contributed by atoms with Gasteiger partial charge in [0.1, 0.15) is 23.5 Å². The van der Waals surface area contributed by atoms with Crippen LogP contribution < -0.4 is 16.0 Å². The number of aliphatic imine (C=N–C) groups is 1. The Hall–Kier alpha value is -4.49. The molecule has 1 saturated heterocycles. The first-order chi connectivity index (χ1) is 24.9. The Morgan fingerprint density at radius 1 is 0.981 bits per heavy atom. The van der Waals surface area contributed by atoms with Gasteiger partial charge in [-0.15, -0.1) is 6.58 Å². The fourth-order valence-electron chi connectivity index (χ4n) is 7.94. The molecule has 2 aliphatic heterocycles. The third-order valence-electron chi connectivity index (χ3n) is 10.8. The van der Waals surface area contributed by atoms with Crippen LogP contribution in [0, 0.1) is 29.5 Å². The number of aromatic nitrogens is 2. The minimum Gasteiger partial charge on any atom is -0.453 e. The summed E-state index contributed by atoms with van der Waals surface area (Å²) in [6, 6.07) is 0.761. The molecule has 7 atom stereocenters. The molecular formula is C38H54FN7O6. The van der Waals surface area contributed by atoms with Crippen LogP contribution in [0.25, 0.3) is 11.0 Å². The number of hydrogen-bond donors (Lipinski definition) is 4. The SMILES string of the molecule is C=CC1NC([C@@H]2CCCCCC2C(=O)[C@@H](NC(=O)OC)C(C)C)=NC1Cc1cc2[nH]c([C@@H]3CCCN3C(=O)[C@@H](NC(=O)OC)C(C)C)nc2cc1F. The molecule has 3 heterocycles. The van der Waals surface area contributed by atoms with E-state index in [0.717, 1.165) is 37.9 Å². The molecule has 14 heteroatoms. The first-order valence-electron chi connectivity index (χ1n) is 18.5. The van der Waals surface area contributed by atoms with Crippen LogP contribution >= 0.6 is 0 Å². The van der Waals surface area contributed by atoms with Gasteiger partial charge in [0.2, 0.25) is 5.91 Å². The summed E-state index contributed by atoms with van der Waals surface area (Å²) in [5.41, 5.74) is 1.57. The molecule has 3 aliphatic rings. The zero-order valence-corrected chi connectivity index (χ0v) is 31.2. The third-order valence-corrected chi connectivity index (χ3v) is 10.8. The van der Waals surface area contributed by atoms with Crippen LogP contribution in [0.1, 0.15) is 90.1 Å². The van der Waals surface area contributed by atoms with Crippen LogP contribution in [0.3, 0.4) is 0 Å². The summed E-state index contributed by atoms with van der Waals surface area (Å²) in [6.07, 6.45) is 6.54. The molecule has 52 heavy (non-hydrogen) atoms. The van der Waals surface area contributed by atoms with E-state index in [-0.39, 0.29) is 59.9 Å². The van der Waals surface area contributed by atoms with Crippen LogP contribution in [0.2, 0.25) is 0 Å². The molecule has 2 fully saturated rings. The Morgan fingerprint density at radius 2 is 1.65 bits per heavy atom. The van der Waals surface area contributed by atoms with Crippen molar-refractivity contribution in [2.75, 3.05) is 20.8 Å². The number of rotatable bonds is 12. The molecule has 1 aromatic heterocycles. The summed E-state index contributed by atoms with van der Waals surface area (Å²) in [4.78, 5) is 66.6. The van der Waals surface area contributed by atoms with E-state index in [4.69, 9.17) is 19.5 Å². The number of nitrogens with one attached hydrogen (secondary N) is 4. The number of benzene rings is 1. The van der Waals surface area contributed by atoms with Gasteiger partial charge in [-0.3, -0.25) is 14.6 Å². The molecule has 0 spiro atoms. The number of halogens is 1. The van der Waals surface area contributed by atoms with Gasteiger partial charge in [-0.25, -0.2) is 19.0 Å². The Morgan fingerprint density at radius 3 is 2.31 bits per heavy atom. The fraction of sp³-hybridized carbons (Fsp3) is 0.632. The van der Waals surface area contributed by atoms with Crippen LogP contribution in [0.5, 0.6) is 0 Å². The number of hydrogen-bond acceptors (Lipinski definition) is 9. The van der Waals surface area contributed by atoms with Gasteiger partial charge < -0.3 is 35.3 Å². The average molecular weight is 724 g/mol. The predicted molar refractivity (Wildman–Crippen MR) is 195 cm³/mol. The molecule has 1 saturated carbocycles. The van der Waals surface area contributed by atoms with Crippen LogP contribution in [-0.2, 0) is 25.5 Å². The minimum absolute atomic E-state index is 0.0241. The largest absolute Gasteiger partial charge is 0.453 e. The highest BCUT2D eigenvalue weighted by Gasteiger charge is 2.42. The number of amidine groups is 1. The van der Waals surface area contributed by atoms with Crippen LogP contribution in [0.4, 0.5) is 14.0 Å². The second-order valence-corrected chi connectivity index (χ2v) is 14.9. The molecule has 13 nitrogen and oxygen atoms in total. The number of amides is 3. The van der Waals surface area contributed by atoms with Crippen molar-refractivity contribution < 1.29 is 33.0 Å². The molecule has 4 N–H and O–H groups in total. The average Bonchev–Trinajstić information content (AvgIpc) is 3.83. The Labute approximate surface area is 304 Å². The van der Waals surface area contributed by atoms with Crippen LogP contribution in [0.15, 0.2) is 29.8 Å². The highest BCUT2D eigenvalue weighted by molar-refractivity contribution is 5.96. The monoisotopic (exact) mass is 723 g/mol. The Balaban J connectivity index is 1.37. The normalized spacial score (nSPS) is 24.5. The van der Waals surface area contributed by atoms with Crippen molar-refractivity contribution in [3.63, 3.8) is 0 Å². The van der Waals surface area contributed by atoms with E-state index < -0.39 is 30.1 Å². The summed E-state index contributed by atoms with van der Waals surface area (Å²) in [5.74, 6) is -0.148. The molecule has 3 unspecified atom stereocenters. The summed E-state index contributed by atoms with van der Waals surface area (Å²) < 4.78 is 25.3. The topological polar surface area (TPSA) is 167 Å². The lowest BCUT2D eigenvalue weighted by molar-refractivity contribution is -0.135. The number of methoxy groups -OCH3 is 2. The van der Waals surface area contributed by atoms with Gasteiger partial charge in [-0.1, -0.05) is 53.0 Å². The molecule has 0 radical (unpaired) electrons. The van der Waals surface area contributed by atoms with E-state index in [1.807, 2.05) is 27.7 Å². The first kappa shape index (κ1) is 38.7. The number of imidazole rings is 1. The summed E-state index contributed by atoms with van der Waals surface area (Å²) in [7, 11) is 2.55. The molecule has 5 rings (SSSR count). The third kappa shape index (κ3) is 8.42. The van der Waals surface area contributed by atoms with Crippen molar-refractivity contribution >= 4 is 40.7 Å². The molecule has 1 aliphatic carbocycles. The zero-order valence-electron chi connectivity index (χ0n) is 31.2. The van der Waals surface area contributed by atoms with Crippen molar-refractivity contribution in [2.24, 2.45) is 28.7 Å². The second-order valence-electron chi connectivity index (χ2n) is 14.9. The van der Waals surface area contributed by atoms with E-state index in [0.29, 0.717) is 41.8 Å². The van der Waals surface area contributed by atoms with Crippen molar-refractivity contribution in [3.8, 4) is 0 Å². The Kier molecular flexibility index (Phi) is 12.6. The number of carbonyl (C=O) groups is 4. The summed E-state index contributed by atoms with van der Waals surface area (Å²) in [6.45, 7) is 12.1. The highest BCUT2D eigenvalue weighted by atomic mass is 19.1. The van der Waals surface area contributed by atoms with Gasteiger partial charge in [0.05, 0.1) is 49.4 Å². The van der Waals surface area contributed by atoms with Gasteiger partial charge in [0.25, 0.3) is 0 Å². The van der Waals surface area contributed by atoms with Crippen molar-refractivity contribution in [3.05, 3.63) is 42.0 Å². The van der Waals surface area contributed by atoms with Gasteiger partial charge >= 0.3 is 12.2 Å². The Bertz CT molecular complexity index is 1670. The quantitative estimate of drug-likeness (QED) is 0.168. The lowest BCUT2D eigenvalue weighted by Crippen LogP contribution is -2.51. The maximum atomic E-state index is 15.8. The molecule has 0 bridgehead atoms. The number of carbonyl (C=O) groups excluding carboxylic acids is 4. The van der Waals surface area contributed by atoms with E-state index in [2.05, 4.69) is 27.5 Å². The van der Waals surface area contributed by atoms with Gasteiger partial charge in [-0.05, 0) is 49.1 Å². The maximum Gasteiger partial charge on any atom is 0.407 e. The number of fused-ring (bicyclic) bond motifs is 1. The van der Waals surface area contributed by atoms with Crippen LogP contribution in [-0.4, -0.2) is 89.5 Å². The number of ether oxygens (including phenoxy) is 2. The van der Waals surface area contributed by atoms with E-state index in [9.17, 15) is 19.2 Å². The van der Waals surface area contributed by atoms with Crippen molar-refractivity contribution in [1.82, 2.24) is 30.8 Å². The van der Waals surface area contributed by atoms with Gasteiger partial charge in [0.15, 0.2) is 5.78 Å². The second kappa shape index (κ2) is 16.9. The van der Waals surface area contributed by atoms with E-state index in [1.165, 1.54) is 20.3 Å². The predicted octanol–water partition coefficient (Wildman–Crippen LogP) is 5.36. The number of ketones is 1. The number of nitrogens with zero attached hydrogens (tertiary/aromatic N) is 3. The van der Waals surface area contributed by atoms with Gasteiger partial charge in [-0.2, -0.15) is 0 Å². The zero-order chi connectivity index (χ0) is 37.7. The molecule has 3 amide bonds. The molecule has 2 aromatic rings. The van der Waals surface area contributed by atoms with E-state index in [1.54, 1.807) is 17.0 Å². The number of likely N-dealkylation sites (tertiary alicyclic amines) is 1. The standard InChI is InChI=1S/C38H54FN7O6/c1-8-26-27(41-34(40-26)24-14-11-9-10-13-23(24)33(47)31(20(2)3)44-37(49)51-6)17-22-18-28-29(19-25(22)39)43-35(42-28)30-15-12-16-46(30)36(48)32(21(4)5)45-38(50)52-7/h8,18-21,23-24,26-27,30-32H,1,9-17H2,2-7H3,(H,40,41)(H,42,43)(H,44,49)(H,45,50)/t23?,24-,26?,27?,30+,31+,32+/m1/s1. The number of alkyl carbamates (subject to hydrolysis) is 2. The molecule has 284 valence electrons. The number of aromatic amines is 1. The number of H-pyrrole nitrogens is 1. The first-order valence-corrected chi connectivity index (χ1v) is 18.5.